The molecule has 0 saturated heterocycles. The first-order chi connectivity index (χ1) is 8.68. The van der Waals surface area contributed by atoms with Gasteiger partial charge in [0, 0.05) is 16.5 Å². The predicted octanol–water partition coefficient (Wildman–Crippen LogP) is 3.38. The topological polar surface area (TPSA) is 47.6 Å². The average molecular weight is 285 g/mol. The fraction of sp³-hybridized carbons (Fsp3) is 0.0833. The van der Waals surface area contributed by atoms with Crippen LogP contribution in [0.1, 0.15) is 11.1 Å². The zero-order valence-electron chi connectivity index (χ0n) is 9.27. The lowest BCUT2D eigenvalue weighted by molar-refractivity contribution is 0.128. The number of thiophene rings is 1. The van der Waals surface area contributed by atoms with Crippen molar-refractivity contribution in [2.24, 2.45) is 10.9 Å². The van der Waals surface area contributed by atoms with Crippen LogP contribution in [0, 0.1) is 5.82 Å². The molecule has 18 heavy (non-hydrogen) atoms. The summed E-state index contributed by atoms with van der Waals surface area (Å²) < 4.78 is 13.4. The maximum absolute atomic E-state index is 13.4. The van der Waals surface area contributed by atoms with Crippen LogP contribution in [0.3, 0.4) is 0 Å². The van der Waals surface area contributed by atoms with E-state index in [2.05, 4.69) is 5.16 Å². The molecule has 2 rings (SSSR count). The number of hydrogen-bond acceptors (Lipinski definition) is 3. The highest BCUT2D eigenvalue weighted by Gasteiger charge is 2.07. The Hall–Kier alpha value is -1.59. The smallest absolute Gasteiger partial charge is 0.171 e. The monoisotopic (exact) mass is 284 g/mol. The van der Waals surface area contributed by atoms with E-state index in [0.717, 1.165) is 5.56 Å². The van der Waals surface area contributed by atoms with E-state index in [1.54, 1.807) is 6.07 Å². The molecule has 0 aliphatic heterocycles. The normalized spacial score (nSPS) is 11.6. The lowest BCUT2D eigenvalue weighted by Gasteiger charge is -2.04. The summed E-state index contributed by atoms with van der Waals surface area (Å²) in [5, 5.41) is 7.75. The third-order valence-corrected chi connectivity index (χ3v) is 3.29. The lowest BCUT2D eigenvalue weighted by Crippen LogP contribution is -2.12. The molecule has 0 saturated carbocycles. The van der Waals surface area contributed by atoms with E-state index in [9.17, 15) is 4.39 Å². The highest BCUT2D eigenvalue weighted by Crippen LogP contribution is 2.19. The SMILES string of the molecule is N/C(=N\OCc1c(F)cccc1Cl)c1ccsc1. The molecule has 2 aromatic rings. The van der Waals surface area contributed by atoms with Crippen molar-refractivity contribution in [3.63, 3.8) is 0 Å². The molecule has 0 unspecified atom stereocenters. The second-order valence-electron chi connectivity index (χ2n) is 3.46. The van der Waals surface area contributed by atoms with Gasteiger partial charge in [-0.3, -0.25) is 0 Å². The van der Waals surface area contributed by atoms with Crippen LogP contribution in [0.2, 0.25) is 5.02 Å². The number of nitrogens with two attached hydrogens (primary N) is 1. The van der Waals surface area contributed by atoms with Gasteiger partial charge in [0.05, 0.1) is 5.02 Å². The summed E-state index contributed by atoms with van der Waals surface area (Å²) in [6, 6.07) is 6.26. The molecule has 1 aromatic heterocycles. The van der Waals surface area contributed by atoms with Crippen molar-refractivity contribution in [3.05, 3.63) is 57.0 Å². The van der Waals surface area contributed by atoms with Gasteiger partial charge in [-0.15, -0.1) is 0 Å². The molecule has 0 aliphatic rings. The number of oxime groups is 1. The standard InChI is InChI=1S/C12H10ClFN2OS/c13-10-2-1-3-11(14)9(10)6-17-16-12(15)8-4-5-18-7-8/h1-5,7H,6H2,(H2,15,16). The van der Waals surface area contributed by atoms with E-state index < -0.39 is 5.82 Å². The lowest BCUT2D eigenvalue weighted by atomic mass is 10.2. The fourth-order valence-electron chi connectivity index (χ4n) is 1.30. The van der Waals surface area contributed by atoms with Crippen LogP contribution in [0.15, 0.2) is 40.2 Å². The zero-order valence-corrected chi connectivity index (χ0v) is 10.8. The summed E-state index contributed by atoms with van der Waals surface area (Å²) in [6.45, 7) is -0.0592. The van der Waals surface area contributed by atoms with E-state index in [4.69, 9.17) is 22.2 Å². The van der Waals surface area contributed by atoms with Gasteiger partial charge in [0.2, 0.25) is 0 Å². The molecule has 0 radical (unpaired) electrons. The highest BCUT2D eigenvalue weighted by molar-refractivity contribution is 7.08. The Bertz CT molecular complexity index is 537. The number of halogens is 2. The predicted molar refractivity (Wildman–Crippen MR) is 71.2 cm³/mol. The maximum atomic E-state index is 13.4. The quantitative estimate of drug-likeness (QED) is 0.531. The van der Waals surface area contributed by atoms with E-state index >= 15 is 0 Å². The molecule has 0 fully saturated rings. The van der Waals surface area contributed by atoms with Crippen molar-refractivity contribution in [1.82, 2.24) is 0 Å². The molecule has 0 aliphatic carbocycles. The van der Waals surface area contributed by atoms with Gasteiger partial charge < -0.3 is 10.6 Å². The Morgan fingerprint density at radius 2 is 2.28 bits per heavy atom. The molecule has 1 aromatic carbocycles. The van der Waals surface area contributed by atoms with Crippen LogP contribution in [-0.2, 0) is 11.4 Å². The molecular weight excluding hydrogens is 275 g/mol. The first kappa shape index (κ1) is 12.9. The molecule has 1 heterocycles. The Kier molecular flexibility index (Phi) is 4.17. The van der Waals surface area contributed by atoms with Crippen molar-refractivity contribution in [2.75, 3.05) is 0 Å². The Morgan fingerprint density at radius 3 is 2.94 bits per heavy atom. The number of nitrogens with zero attached hydrogens (tertiary/aromatic N) is 1. The van der Waals surface area contributed by atoms with Crippen LogP contribution < -0.4 is 5.73 Å². The van der Waals surface area contributed by atoms with Gasteiger partial charge in [-0.25, -0.2) is 4.39 Å². The number of benzene rings is 1. The van der Waals surface area contributed by atoms with Crippen molar-refractivity contribution >= 4 is 28.8 Å². The Balaban J connectivity index is 2.02. The van der Waals surface area contributed by atoms with Crippen LogP contribution in [0.5, 0.6) is 0 Å². The first-order valence-corrected chi connectivity index (χ1v) is 6.41. The van der Waals surface area contributed by atoms with Gasteiger partial charge >= 0.3 is 0 Å². The van der Waals surface area contributed by atoms with Gasteiger partial charge in [0.1, 0.15) is 12.4 Å². The maximum Gasteiger partial charge on any atom is 0.171 e. The molecular formula is C12H10ClFN2OS. The summed E-state index contributed by atoms with van der Waals surface area (Å²) in [7, 11) is 0. The molecule has 0 amide bonds. The van der Waals surface area contributed by atoms with Crippen molar-refractivity contribution in [2.45, 2.75) is 6.61 Å². The van der Waals surface area contributed by atoms with E-state index in [0.29, 0.717) is 5.02 Å². The van der Waals surface area contributed by atoms with Gasteiger partial charge in [-0.2, -0.15) is 11.3 Å². The van der Waals surface area contributed by atoms with E-state index in [1.165, 1.54) is 23.5 Å². The summed E-state index contributed by atoms with van der Waals surface area (Å²) in [4.78, 5) is 5.01. The van der Waals surface area contributed by atoms with Crippen molar-refractivity contribution in [1.29, 1.82) is 0 Å². The largest absolute Gasteiger partial charge is 0.389 e. The van der Waals surface area contributed by atoms with E-state index in [-0.39, 0.29) is 18.0 Å². The van der Waals surface area contributed by atoms with Gasteiger partial charge in [-0.1, -0.05) is 22.8 Å². The van der Waals surface area contributed by atoms with Gasteiger partial charge in [0.15, 0.2) is 5.84 Å². The highest BCUT2D eigenvalue weighted by atomic mass is 35.5. The Morgan fingerprint density at radius 1 is 1.44 bits per heavy atom. The molecule has 94 valence electrons. The van der Waals surface area contributed by atoms with Crippen molar-refractivity contribution in [3.8, 4) is 0 Å². The first-order valence-electron chi connectivity index (χ1n) is 5.09. The summed E-state index contributed by atoms with van der Waals surface area (Å²) in [5.74, 6) is -0.171. The van der Waals surface area contributed by atoms with Crippen LogP contribution in [0.25, 0.3) is 0 Å². The summed E-state index contributed by atoms with van der Waals surface area (Å²) in [6.07, 6.45) is 0. The zero-order chi connectivity index (χ0) is 13.0. The van der Waals surface area contributed by atoms with Crippen LogP contribution in [-0.4, -0.2) is 5.84 Å². The Labute approximate surface area is 113 Å². The third kappa shape index (κ3) is 3.00. The molecule has 0 atom stereocenters. The van der Waals surface area contributed by atoms with Gasteiger partial charge in [0.25, 0.3) is 0 Å². The molecule has 6 heteroatoms. The van der Waals surface area contributed by atoms with E-state index in [1.807, 2.05) is 16.8 Å². The number of amidine groups is 1. The molecule has 2 N–H and O–H groups in total. The average Bonchev–Trinajstić information content (AvgIpc) is 2.86. The fourth-order valence-corrected chi connectivity index (χ4v) is 2.17. The summed E-state index contributed by atoms with van der Waals surface area (Å²) >= 11 is 7.35. The molecule has 0 bridgehead atoms. The summed E-state index contributed by atoms with van der Waals surface area (Å²) in [5.41, 5.74) is 6.73. The minimum Gasteiger partial charge on any atom is -0.389 e. The second kappa shape index (κ2) is 5.84. The van der Waals surface area contributed by atoms with Crippen LogP contribution >= 0.6 is 22.9 Å². The number of rotatable bonds is 4. The van der Waals surface area contributed by atoms with Crippen molar-refractivity contribution < 1.29 is 9.23 Å². The molecule has 3 nitrogen and oxygen atoms in total. The van der Waals surface area contributed by atoms with Gasteiger partial charge in [-0.05, 0) is 23.6 Å². The molecule has 0 spiro atoms. The minimum atomic E-state index is -0.424. The minimum absolute atomic E-state index is 0.0592. The second-order valence-corrected chi connectivity index (χ2v) is 4.65. The van der Waals surface area contributed by atoms with Crippen LogP contribution in [0.4, 0.5) is 4.39 Å². The number of hydrogen-bond donors (Lipinski definition) is 1. The third-order valence-electron chi connectivity index (χ3n) is 2.25.